The van der Waals surface area contributed by atoms with Gasteiger partial charge in [0.2, 0.25) is 11.9 Å². The molecular formula is C11H17N7OS. The molecule has 0 saturated heterocycles. The van der Waals surface area contributed by atoms with Gasteiger partial charge in [-0.1, -0.05) is 6.92 Å². The molecule has 2 heterocycles. The zero-order chi connectivity index (χ0) is 14.4. The number of nitrogens with one attached hydrogen (secondary N) is 2. The van der Waals surface area contributed by atoms with E-state index in [4.69, 9.17) is 0 Å². The average molecular weight is 295 g/mol. The molecule has 1 atom stereocenters. The molecule has 0 radical (unpaired) electrons. The first kappa shape index (κ1) is 14.4. The molecule has 0 aliphatic heterocycles. The van der Waals surface area contributed by atoms with E-state index in [-0.39, 0.29) is 0 Å². The Bertz CT molecular complexity index is 572. The molecule has 108 valence electrons. The van der Waals surface area contributed by atoms with Gasteiger partial charge < -0.3 is 10.6 Å². The molecule has 2 N–H and O–H groups in total. The van der Waals surface area contributed by atoms with Gasteiger partial charge in [-0.25, -0.2) is 4.68 Å². The van der Waals surface area contributed by atoms with Gasteiger partial charge in [-0.05, 0) is 6.07 Å². The summed E-state index contributed by atoms with van der Waals surface area (Å²) in [5.74, 6) is 2.52. The lowest BCUT2D eigenvalue weighted by atomic mass is 10.7. The van der Waals surface area contributed by atoms with Crippen LogP contribution in [-0.2, 0) is 10.8 Å². The van der Waals surface area contributed by atoms with Crippen molar-refractivity contribution in [2.24, 2.45) is 0 Å². The maximum Gasteiger partial charge on any atom is 0.257 e. The van der Waals surface area contributed by atoms with Crippen molar-refractivity contribution in [2.75, 3.05) is 35.7 Å². The van der Waals surface area contributed by atoms with Gasteiger partial charge in [-0.2, -0.15) is 20.1 Å². The van der Waals surface area contributed by atoms with Gasteiger partial charge in [0.25, 0.3) is 5.95 Å². The summed E-state index contributed by atoms with van der Waals surface area (Å²) < 4.78 is 12.9. The van der Waals surface area contributed by atoms with Crippen LogP contribution in [0.1, 0.15) is 6.92 Å². The Morgan fingerprint density at radius 2 is 2.10 bits per heavy atom. The number of nitrogens with zero attached hydrogens (tertiary/aromatic N) is 5. The van der Waals surface area contributed by atoms with Gasteiger partial charge in [0.05, 0.1) is 0 Å². The molecule has 0 spiro atoms. The van der Waals surface area contributed by atoms with Crippen molar-refractivity contribution in [1.82, 2.24) is 24.7 Å². The minimum atomic E-state index is -0.810. The third-order valence-corrected chi connectivity index (χ3v) is 3.79. The van der Waals surface area contributed by atoms with Crippen LogP contribution in [0.25, 0.3) is 5.95 Å². The predicted octanol–water partition coefficient (Wildman–Crippen LogP) is 0.279. The molecule has 1 unspecified atom stereocenters. The van der Waals surface area contributed by atoms with E-state index in [0.29, 0.717) is 35.9 Å². The van der Waals surface area contributed by atoms with Crippen LogP contribution >= 0.6 is 0 Å². The fourth-order valence-corrected chi connectivity index (χ4v) is 2.08. The van der Waals surface area contributed by atoms with Gasteiger partial charge in [0.1, 0.15) is 0 Å². The lowest BCUT2D eigenvalue weighted by Crippen LogP contribution is -2.16. The molecule has 0 aromatic carbocycles. The smallest absolute Gasteiger partial charge is 0.257 e. The quantitative estimate of drug-likeness (QED) is 0.757. The average Bonchev–Trinajstić information content (AvgIpc) is 3.01. The van der Waals surface area contributed by atoms with Crippen LogP contribution in [0.5, 0.6) is 0 Å². The fraction of sp³-hybridized carbons (Fsp3) is 0.455. The lowest BCUT2D eigenvalue weighted by Gasteiger charge is -2.08. The molecule has 0 aliphatic carbocycles. The van der Waals surface area contributed by atoms with Gasteiger partial charge >= 0.3 is 0 Å². The van der Waals surface area contributed by atoms with Crippen molar-refractivity contribution < 1.29 is 4.21 Å². The normalized spacial score (nSPS) is 12.1. The number of aromatic nitrogens is 5. The highest BCUT2D eigenvalue weighted by Crippen LogP contribution is 2.07. The number of anilines is 2. The van der Waals surface area contributed by atoms with Gasteiger partial charge in [0.15, 0.2) is 0 Å². The molecule has 9 heteroatoms. The van der Waals surface area contributed by atoms with Gasteiger partial charge in [-0.15, -0.1) is 0 Å². The van der Waals surface area contributed by atoms with E-state index in [2.05, 4.69) is 30.7 Å². The fourth-order valence-electron chi connectivity index (χ4n) is 1.47. The van der Waals surface area contributed by atoms with E-state index in [1.165, 1.54) is 0 Å². The van der Waals surface area contributed by atoms with Crippen LogP contribution in [0, 0.1) is 0 Å². The summed E-state index contributed by atoms with van der Waals surface area (Å²) in [6.45, 7) is 2.44. The second kappa shape index (κ2) is 6.94. The molecule has 0 saturated carbocycles. The van der Waals surface area contributed by atoms with Crippen molar-refractivity contribution in [3.8, 4) is 5.95 Å². The maximum absolute atomic E-state index is 11.4. The third-order valence-electron chi connectivity index (χ3n) is 2.49. The van der Waals surface area contributed by atoms with Crippen LogP contribution in [-0.4, -0.2) is 54.0 Å². The zero-order valence-corrected chi connectivity index (χ0v) is 12.2. The molecule has 20 heavy (non-hydrogen) atoms. The van der Waals surface area contributed by atoms with Crippen LogP contribution in [0.2, 0.25) is 0 Å². The second-order valence-electron chi connectivity index (χ2n) is 3.84. The van der Waals surface area contributed by atoms with Crippen molar-refractivity contribution >= 4 is 22.7 Å². The minimum absolute atomic E-state index is 0.425. The number of rotatable bonds is 7. The van der Waals surface area contributed by atoms with Crippen LogP contribution in [0.4, 0.5) is 11.9 Å². The van der Waals surface area contributed by atoms with Crippen LogP contribution in [0.3, 0.4) is 0 Å². The van der Waals surface area contributed by atoms with E-state index >= 15 is 0 Å². The molecule has 0 bridgehead atoms. The Labute approximate surface area is 119 Å². The monoisotopic (exact) mass is 295 g/mol. The van der Waals surface area contributed by atoms with E-state index in [0.717, 1.165) is 0 Å². The Hall–Kier alpha value is -2.03. The molecule has 8 nitrogen and oxygen atoms in total. The number of hydrogen-bond acceptors (Lipinski definition) is 7. The predicted molar refractivity (Wildman–Crippen MR) is 78.5 cm³/mol. The van der Waals surface area contributed by atoms with Crippen molar-refractivity contribution in [1.29, 1.82) is 0 Å². The first-order chi connectivity index (χ1) is 9.72. The van der Waals surface area contributed by atoms with E-state index < -0.39 is 10.8 Å². The van der Waals surface area contributed by atoms with Crippen molar-refractivity contribution in [3.63, 3.8) is 0 Å². The first-order valence-electron chi connectivity index (χ1n) is 6.25. The first-order valence-corrected chi connectivity index (χ1v) is 7.74. The Morgan fingerprint density at radius 1 is 1.30 bits per heavy atom. The lowest BCUT2D eigenvalue weighted by molar-refractivity contribution is 0.684. The van der Waals surface area contributed by atoms with Crippen molar-refractivity contribution in [3.05, 3.63) is 18.5 Å². The standard InChI is InChI=1S/C11H17N7OS/c1-3-20(19)8-6-13-10-15-9(12-2)16-11(17-10)18-7-4-5-14-18/h4-5,7H,3,6,8H2,1-2H3,(H2,12,13,15,16,17). The molecule has 0 fully saturated rings. The summed E-state index contributed by atoms with van der Waals surface area (Å²) >= 11 is 0. The van der Waals surface area contributed by atoms with Gasteiger partial charge in [-0.3, -0.25) is 4.21 Å². The highest BCUT2D eigenvalue weighted by molar-refractivity contribution is 7.84. The van der Waals surface area contributed by atoms with Crippen LogP contribution < -0.4 is 10.6 Å². The maximum atomic E-state index is 11.4. The minimum Gasteiger partial charge on any atom is -0.357 e. The Kier molecular flexibility index (Phi) is 4.99. The second-order valence-corrected chi connectivity index (χ2v) is 5.71. The Morgan fingerprint density at radius 3 is 2.75 bits per heavy atom. The third kappa shape index (κ3) is 3.73. The highest BCUT2D eigenvalue weighted by atomic mass is 32.2. The van der Waals surface area contributed by atoms with E-state index in [1.54, 1.807) is 30.2 Å². The molecule has 0 amide bonds. The van der Waals surface area contributed by atoms with Crippen LogP contribution in [0.15, 0.2) is 18.5 Å². The summed E-state index contributed by atoms with van der Waals surface area (Å²) in [7, 11) is 0.925. The van der Waals surface area contributed by atoms with Crippen molar-refractivity contribution in [2.45, 2.75) is 6.92 Å². The molecule has 2 aromatic rings. The summed E-state index contributed by atoms with van der Waals surface area (Å²) in [5, 5.41) is 10.0. The molecular weight excluding hydrogens is 278 g/mol. The van der Waals surface area contributed by atoms with E-state index in [9.17, 15) is 4.21 Å². The van der Waals surface area contributed by atoms with Gasteiger partial charge in [0, 0.05) is 48.3 Å². The molecule has 2 rings (SSSR count). The molecule has 0 aliphatic rings. The summed E-state index contributed by atoms with van der Waals surface area (Å²) in [4.78, 5) is 12.7. The summed E-state index contributed by atoms with van der Waals surface area (Å²) in [6.07, 6.45) is 3.41. The summed E-state index contributed by atoms with van der Waals surface area (Å²) in [5.41, 5.74) is 0. The largest absolute Gasteiger partial charge is 0.357 e. The van der Waals surface area contributed by atoms with E-state index in [1.807, 2.05) is 6.92 Å². The highest BCUT2D eigenvalue weighted by Gasteiger charge is 2.07. The zero-order valence-electron chi connectivity index (χ0n) is 11.4. The topological polar surface area (TPSA) is 97.6 Å². The summed E-state index contributed by atoms with van der Waals surface area (Å²) in [6, 6.07) is 1.79. The molecule has 2 aromatic heterocycles. The number of hydrogen-bond donors (Lipinski definition) is 2. The SMILES string of the molecule is CCS(=O)CCNc1nc(NC)nc(-n2cccn2)n1. The Balaban J connectivity index is 2.12.